The number of hydrogen-bond acceptors (Lipinski definition) is 3. The lowest BCUT2D eigenvalue weighted by atomic mass is 10.0. The van der Waals surface area contributed by atoms with Crippen molar-refractivity contribution in [2.75, 3.05) is 19.1 Å². The molecule has 0 saturated heterocycles. The summed E-state index contributed by atoms with van der Waals surface area (Å²) in [6, 6.07) is 16.4. The van der Waals surface area contributed by atoms with E-state index in [1.165, 1.54) is 5.56 Å². The van der Waals surface area contributed by atoms with E-state index in [2.05, 4.69) is 24.9 Å². The number of aliphatic hydroxyl groups excluding tert-OH is 1. The number of nitrogens with zero attached hydrogens (tertiary/aromatic N) is 1. The van der Waals surface area contributed by atoms with Crippen molar-refractivity contribution >= 4 is 5.69 Å². The zero-order chi connectivity index (χ0) is 15.2. The monoisotopic (exact) mass is 285 g/mol. The van der Waals surface area contributed by atoms with E-state index in [1.807, 2.05) is 42.5 Å². The van der Waals surface area contributed by atoms with Crippen LogP contribution in [0.15, 0.2) is 48.5 Å². The van der Waals surface area contributed by atoms with Gasteiger partial charge in [0.1, 0.15) is 5.75 Å². The molecule has 0 radical (unpaired) electrons. The summed E-state index contributed by atoms with van der Waals surface area (Å²) in [6.07, 6.45) is 0.889. The van der Waals surface area contributed by atoms with Crippen LogP contribution in [0.4, 0.5) is 5.69 Å². The number of hydrogen-bond donors (Lipinski definition) is 1. The number of benzene rings is 2. The van der Waals surface area contributed by atoms with Crippen molar-refractivity contribution in [1.82, 2.24) is 0 Å². The molecule has 2 rings (SSSR count). The Labute approximate surface area is 126 Å². The lowest BCUT2D eigenvalue weighted by molar-refractivity contribution is 0.282. The summed E-state index contributed by atoms with van der Waals surface area (Å²) in [5, 5.41) is 9.47. The zero-order valence-electron chi connectivity index (χ0n) is 12.9. The first-order chi connectivity index (χ1) is 10.2. The highest BCUT2D eigenvalue weighted by atomic mass is 16.5. The molecule has 0 saturated carbocycles. The molecule has 3 heteroatoms. The van der Waals surface area contributed by atoms with Crippen LogP contribution in [0.3, 0.4) is 0 Å². The lowest BCUT2D eigenvalue weighted by Crippen LogP contribution is -2.31. The van der Waals surface area contributed by atoms with Crippen molar-refractivity contribution in [3.05, 3.63) is 59.7 Å². The first-order valence-electron chi connectivity index (χ1n) is 7.21. The van der Waals surface area contributed by atoms with Crippen molar-refractivity contribution in [2.45, 2.75) is 26.0 Å². The molecule has 0 aliphatic heterocycles. The summed E-state index contributed by atoms with van der Waals surface area (Å²) >= 11 is 0. The minimum Gasteiger partial charge on any atom is -0.496 e. The van der Waals surface area contributed by atoms with Gasteiger partial charge in [-0.15, -0.1) is 0 Å². The van der Waals surface area contributed by atoms with Crippen LogP contribution >= 0.6 is 0 Å². The Morgan fingerprint density at radius 2 is 1.67 bits per heavy atom. The molecule has 0 aliphatic carbocycles. The van der Waals surface area contributed by atoms with Crippen LogP contribution in [0.1, 0.15) is 18.1 Å². The van der Waals surface area contributed by atoms with Gasteiger partial charge in [0.2, 0.25) is 0 Å². The largest absolute Gasteiger partial charge is 0.496 e. The summed E-state index contributed by atoms with van der Waals surface area (Å²) < 4.78 is 5.42. The van der Waals surface area contributed by atoms with Gasteiger partial charge in [0.15, 0.2) is 0 Å². The summed E-state index contributed by atoms with van der Waals surface area (Å²) in [5.74, 6) is 0.924. The van der Waals surface area contributed by atoms with Gasteiger partial charge in [0, 0.05) is 24.3 Å². The highest BCUT2D eigenvalue weighted by Crippen LogP contribution is 2.25. The van der Waals surface area contributed by atoms with E-state index in [-0.39, 0.29) is 6.61 Å². The zero-order valence-corrected chi connectivity index (χ0v) is 12.9. The first kappa shape index (κ1) is 15.4. The Hall–Kier alpha value is -2.00. The summed E-state index contributed by atoms with van der Waals surface area (Å²) in [4.78, 5) is 2.21. The second kappa shape index (κ2) is 7.14. The topological polar surface area (TPSA) is 32.7 Å². The average Bonchev–Trinajstić information content (AvgIpc) is 2.54. The number of ether oxygens (including phenoxy) is 1. The molecule has 0 amide bonds. The number of likely N-dealkylation sites (N-methyl/N-ethyl adjacent to an activating group) is 1. The third-order valence-corrected chi connectivity index (χ3v) is 3.91. The first-order valence-corrected chi connectivity index (χ1v) is 7.21. The van der Waals surface area contributed by atoms with Crippen LogP contribution in [0.5, 0.6) is 5.75 Å². The Morgan fingerprint density at radius 3 is 2.33 bits per heavy atom. The van der Waals surface area contributed by atoms with Crippen molar-refractivity contribution in [3.63, 3.8) is 0 Å². The Morgan fingerprint density at radius 1 is 1.05 bits per heavy atom. The predicted molar refractivity (Wildman–Crippen MR) is 86.9 cm³/mol. The molecule has 0 bridgehead atoms. The lowest BCUT2D eigenvalue weighted by Gasteiger charge is -2.29. The Balaban J connectivity index is 2.17. The third-order valence-electron chi connectivity index (χ3n) is 3.91. The van der Waals surface area contributed by atoms with Gasteiger partial charge >= 0.3 is 0 Å². The Bertz CT molecular complexity index is 583. The van der Waals surface area contributed by atoms with E-state index in [1.54, 1.807) is 7.11 Å². The van der Waals surface area contributed by atoms with E-state index in [0.717, 1.165) is 23.4 Å². The van der Waals surface area contributed by atoms with Gasteiger partial charge in [-0.25, -0.2) is 0 Å². The molecule has 1 N–H and O–H groups in total. The minimum absolute atomic E-state index is 0.0574. The van der Waals surface area contributed by atoms with E-state index in [9.17, 15) is 5.11 Å². The van der Waals surface area contributed by atoms with Crippen molar-refractivity contribution in [1.29, 1.82) is 0 Å². The van der Waals surface area contributed by atoms with Gasteiger partial charge in [-0.2, -0.15) is 0 Å². The van der Waals surface area contributed by atoms with Crippen LogP contribution in [0, 0.1) is 0 Å². The van der Waals surface area contributed by atoms with Crippen LogP contribution in [-0.4, -0.2) is 25.3 Å². The number of para-hydroxylation sites is 2. The quantitative estimate of drug-likeness (QED) is 0.884. The molecule has 1 atom stereocenters. The van der Waals surface area contributed by atoms with Gasteiger partial charge < -0.3 is 14.7 Å². The Kier molecular flexibility index (Phi) is 5.23. The predicted octanol–water partition coefficient (Wildman–Crippen LogP) is 3.25. The van der Waals surface area contributed by atoms with E-state index in [4.69, 9.17) is 4.74 Å². The van der Waals surface area contributed by atoms with Crippen LogP contribution in [0.25, 0.3) is 0 Å². The maximum atomic E-state index is 9.47. The van der Waals surface area contributed by atoms with Crippen LogP contribution in [0.2, 0.25) is 0 Å². The smallest absolute Gasteiger partial charge is 0.122 e. The normalized spacial score (nSPS) is 12.0. The molecule has 21 heavy (non-hydrogen) atoms. The van der Waals surface area contributed by atoms with Gasteiger partial charge in [0.25, 0.3) is 0 Å². The molecule has 0 heterocycles. The SMILES string of the molecule is COc1ccccc1CC(C)N(C)c1ccccc1CO. The molecule has 2 aromatic rings. The summed E-state index contributed by atoms with van der Waals surface area (Å²) in [5.41, 5.74) is 3.22. The van der Waals surface area contributed by atoms with Gasteiger partial charge in [0.05, 0.1) is 13.7 Å². The highest BCUT2D eigenvalue weighted by molar-refractivity contribution is 5.53. The summed E-state index contributed by atoms with van der Waals surface area (Å²) in [6.45, 7) is 2.24. The molecule has 0 aromatic heterocycles. The second-order valence-electron chi connectivity index (χ2n) is 5.26. The molecule has 3 nitrogen and oxygen atoms in total. The summed E-state index contributed by atoms with van der Waals surface area (Å²) in [7, 11) is 3.77. The van der Waals surface area contributed by atoms with E-state index in [0.29, 0.717) is 6.04 Å². The molecule has 2 aromatic carbocycles. The van der Waals surface area contributed by atoms with Crippen molar-refractivity contribution < 1.29 is 9.84 Å². The number of rotatable bonds is 6. The fraction of sp³-hybridized carbons (Fsp3) is 0.333. The van der Waals surface area contributed by atoms with Crippen LogP contribution < -0.4 is 9.64 Å². The van der Waals surface area contributed by atoms with E-state index < -0.39 is 0 Å². The highest BCUT2D eigenvalue weighted by Gasteiger charge is 2.15. The van der Waals surface area contributed by atoms with E-state index >= 15 is 0 Å². The van der Waals surface area contributed by atoms with Crippen molar-refractivity contribution in [2.24, 2.45) is 0 Å². The molecule has 0 aliphatic rings. The van der Waals surface area contributed by atoms with Gasteiger partial charge in [-0.05, 0) is 31.0 Å². The van der Waals surface area contributed by atoms with Gasteiger partial charge in [-0.3, -0.25) is 0 Å². The minimum atomic E-state index is 0.0574. The average molecular weight is 285 g/mol. The number of anilines is 1. The second-order valence-corrected chi connectivity index (χ2v) is 5.26. The van der Waals surface area contributed by atoms with Gasteiger partial charge in [-0.1, -0.05) is 36.4 Å². The maximum absolute atomic E-state index is 9.47. The standard InChI is InChI=1S/C18H23NO2/c1-14(12-15-8-5-7-11-18(15)21-3)19(2)17-10-6-4-9-16(17)13-20/h4-11,14,20H,12-13H2,1-3H3. The third kappa shape index (κ3) is 3.56. The fourth-order valence-corrected chi connectivity index (χ4v) is 2.55. The van der Waals surface area contributed by atoms with Crippen molar-refractivity contribution in [3.8, 4) is 5.75 Å². The molecule has 112 valence electrons. The molecular formula is C18H23NO2. The molecule has 1 unspecified atom stereocenters. The number of aliphatic hydroxyl groups is 1. The fourth-order valence-electron chi connectivity index (χ4n) is 2.55. The molecule has 0 spiro atoms. The molecule has 0 fully saturated rings. The van der Waals surface area contributed by atoms with Crippen LogP contribution in [-0.2, 0) is 13.0 Å². The number of methoxy groups -OCH3 is 1. The molecular weight excluding hydrogens is 262 g/mol. The maximum Gasteiger partial charge on any atom is 0.122 e.